The molecule has 5 nitrogen and oxygen atoms in total. The molecule has 0 atom stereocenters. The first kappa shape index (κ1) is 13.5. The molecule has 108 valence electrons. The summed E-state index contributed by atoms with van der Waals surface area (Å²) in [6.07, 6.45) is 0.840. The maximum absolute atomic E-state index is 10.8. The predicted molar refractivity (Wildman–Crippen MR) is 73.5 cm³/mol. The standard InChI is InChI=1S/C14H16ClNO4/c15-11-4-9(6-16-7-10(8-16)14(17)18)5-12-13(11)20-3-1-2-19-12/h4-5,10H,1-3,6-8H2,(H,17,18). The van der Waals surface area contributed by atoms with Crippen molar-refractivity contribution in [3.05, 3.63) is 22.7 Å². The van der Waals surface area contributed by atoms with E-state index in [1.807, 2.05) is 12.1 Å². The lowest BCUT2D eigenvalue weighted by Gasteiger charge is -2.36. The third-order valence-corrected chi connectivity index (χ3v) is 3.86. The fourth-order valence-corrected chi connectivity index (χ4v) is 2.78. The molecule has 0 spiro atoms. The molecule has 1 aromatic rings. The number of rotatable bonds is 3. The maximum atomic E-state index is 10.8. The Morgan fingerprint density at radius 3 is 2.85 bits per heavy atom. The number of aliphatic carboxylic acids is 1. The van der Waals surface area contributed by atoms with Crippen LogP contribution in [0.15, 0.2) is 12.1 Å². The lowest BCUT2D eigenvalue weighted by atomic mass is 9.99. The van der Waals surface area contributed by atoms with Gasteiger partial charge >= 0.3 is 5.97 Å². The quantitative estimate of drug-likeness (QED) is 0.925. The van der Waals surface area contributed by atoms with Gasteiger partial charge < -0.3 is 14.6 Å². The molecule has 2 aliphatic rings. The van der Waals surface area contributed by atoms with Crippen molar-refractivity contribution in [1.82, 2.24) is 4.90 Å². The summed E-state index contributed by atoms with van der Waals surface area (Å²) in [6, 6.07) is 3.80. The van der Waals surface area contributed by atoms with Crippen molar-refractivity contribution in [3.8, 4) is 11.5 Å². The molecule has 0 unspecified atom stereocenters. The summed E-state index contributed by atoms with van der Waals surface area (Å²) >= 11 is 6.23. The van der Waals surface area contributed by atoms with E-state index < -0.39 is 5.97 Å². The van der Waals surface area contributed by atoms with Crippen molar-refractivity contribution < 1.29 is 19.4 Å². The molecule has 1 aromatic carbocycles. The largest absolute Gasteiger partial charge is 0.489 e. The van der Waals surface area contributed by atoms with Gasteiger partial charge in [-0.2, -0.15) is 0 Å². The average molecular weight is 298 g/mol. The van der Waals surface area contributed by atoms with Crippen molar-refractivity contribution in [1.29, 1.82) is 0 Å². The molecule has 0 aliphatic carbocycles. The Bertz CT molecular complexity index is 528. The summed E-state index contributed by atoms with van der Waals surface area (Å²) in [5, 5.41) is 9.42. The van der Waals surface area contributed by atoms with E-state index in [0.29, 0.717) is 49.4 Å². The summed E-state index contributed by atoms with van der Waals surface area (Å²) in [4.78, 5) is 12.9. The van der Waals surface area contributed by atoms with Gasteiger partial charge in [-0.05, 0) is 17.7 Å². The molecule has 0 saturated carbocycles. The van der Waals surface area contributed by atoms with Crippen molar-refractivity contribution in [2.24, 2.45) is 5.92 Å². The zero-order valence-electron chi connectivity index (χ0n) is 11.0. The number of carboxylic acids is 1. The van der Waals surface area contributed by atoms with E-state index in [1.54, 1.807) is 0 Å². The Morgan fingerprint density at radius 2 is 2.10 bits per heavy atom. The van der Waals surface area contributed by atoms with Crippen molar-refractivity contribution in [2.75, 3.05) is 26.3 Å². The van der Waals surface area contributed by atoms with Gasteiger partial charge in [-0.15, -0.1) is 0 Å². The first-order valence-corrected chi connectivity index (χ1v) is 7.04. The highest BCUT2D eigenvalue weighted by atomic mass is 35.5. The number of fused-ring (bicyclic) bond motifs is 1. The van der Waals surface area contributed by atoms with E-state index in [9.17, 15) is 4.79 Å². The smallest absolute Gasteiger partial charge is 0.309 e. The molecule has 0 amide bonds. The normalized spacial score (nSPS) is 19.2. The molecule has 3 rings (SSSR count). The molecule has 0 aromatic heterocycles. The number of benzene rings is 1. The number of hydrogen-bond donors (Lipinski definition) is 1. The van der Waals surface area contributed by atoms with Gasteiger partial charge in [-0.1, -0.05) is 11.6 Å². The van der Waals surface area contributed by atoms with Gasteiger partial charge in [0.2, 0.25) is 0 Å². The van der Waals surface area contributed by atoms with Crippen LogP contribution in [-0.4, -0.2) is 42.3 Å². The Morgan fingerprint density at radius 1 is 1.35 bits per heavy atom. The maximum Gasteiger partial charge on any atom is 0.309 e. The number of likely N-dealkylation sites (tertiary alicyclic amines) is 1. The van der Waals surface area contributed by atoms with E-state index >= 15 is 0 Å². The van der Waals surface area contributed by atoms with Crippen LogP contribution in [0.1, 0.15) is 12.0 Å². The Labute approximate surface area is 122 Å². The van der Waals surface area contributed by atoms with Gasteiger partial charge in [0.25, 0.3) is 0 Å². The predicted octanol–water partition coefficient (Wildman–Crippen LogP) is 2.02. The fourth-order valence-electron chi connectivity index (χ4n) is 2.49. The molecule has 20 heavy (non-hydrogen) atoms. The third kappa shape index (κ3) is 2.69. The van der Waals surface area contributed by atoms with Crippen molar-refractivity contribution in [2.45, 2.75) is 13.0 Å². The van der Waals surface area contributed by atoms with Crippen LogP contribution in [0.5, 0.6) is 11.5 Å². The minimum atomic E-state index is -0.724. The summed E-state index contributed by atoms with van der Waals surface area (Å²) in [7, 11) is 0. The highest BCUT2D eigenvalue weighted by Crippen LogP contribution is 2.38. The van der Waals surface area contributed by atoms with Gasteiger partial charge in [0, 0.05) is 26.1 Å². The fraction of sp³-hybridized carbons (Fsp3) is 0.500. The number of nitrogens with zero attached hydrogens (tertiary/aromatic N) is 1. The van der Waals surface area contributed by atoms with Crippen LogP contribution >= 0.6 is 11.6 Å². The second-order valence-electron chi connectivity index (χ2n) is 5.18. The van der Waals surface area contributed by atoms with Gasteiger partial charge in [-0.3, -0.25) is 9.69 Å². The summed E-state index contributed by atoms with van der Waals surface area (Å²) < 4.78 is 11.2. The first-order chi connectivity index (χ1) is 9.63. The highest BCUT2D eigenvalue weighted by Gasteiger charge is 2.32. The van der Waals surface area contributed by atoms with Crippen molar-refractivity contribution in [3.63, 3.8) is 0 Å². The van der Waals surface area contributed by atoms with Crippen LogP contribution in [0.2, 0.25) is 5.02 Å². The molecule has 1 N–H and O–H groups in total. The van der Waals surface area contributed by atoms with E-state index in [4.69, 9.17) is 26.2 Å². The van der Waals surface area contributed by atoms with Crippen LogP contribution in [0.4, 0.5) is 0 Å². The number of carboxylic acid groups (broad SMARTS) is 1. The second-order valence-corrected chi connectivity index (χ2v) is 5.59. The monoisotopic (exact) mass is 297 g/mol. The van der Waals surface area contributed by atoms with Gasteiger partial charge in [-0.25, -0.2) is 0 Å². The molecule has 0 bridgehead atoms. The van der Waals surface area contributed by atoms with Crippen LogP contribution in [-0.2, 0) is 11.3 Å². The van der Waals surface area contributed by atoms with Crippen LogP contribution < -0.4 is 9.47 Å². The molecule has 1 fully saturated rings. The Kier molecular flexibility index (Phi) is 3.72. The SMILES string of the molecule is O=C(O)C1CN(Cc2cc(Cl)c3c(c2)OCCCO3)C1. The van der Waals surface area contributed by atoms with Crippen LogP contribution in [0.25, 0.3) is 0 Å². The summed E-state index contributed by atoms with van der Waals surface area (Å²) in [5.41, 5.74) is 1.02. The zero-order valence-corrected chi connectivity index (χ0v) is 11.7. The lowest BCUT2D eigenvalue weighted by molar-refractivity contribution is -0.147. The number of carbonyl (C=O) groups is 1. The lowest BCUT2D eigenvalue weighted by Crippen LogP contribution is -2.49. The number of ether oxygens (including phenoxy) is 2. The molecule has 2 aliphatic heterocycles. The molecule has 1 saturated heterocycles. The first-order valence-electron chi connectivity index (χ1n) is 6.66. The topological polar surface area (TPSA) is 59.0 Å². The minimum Gasteiger partial charge on any atom is -0.489 e. The Hall–Kier alpha value is -1.46. The average Bonchev–Trinajstić information content (AvgIpc) is 2.58. The molecule has 0 radical (unpaired) electrons. The van der Waals surface area contributed by atoms with E-state index in [0.717, 1.165) is 12.0 Å². The summed E-state index contributed by atoms with van der Waals surface area (Å²) in [6.45, 7) is 3.08. The molecular formula is C14H16ClNO4. The third-order valence-electron chi connectivity index (χ3n) is 3.57. The van der Waals surface area contributed by atoms with Gasteiger partial charge in [0.05, 0.1) is 24.2 Å². The van der Waals surface area contributed by atoms with E-state index in [-0.39, 0.29) is 5.92 Å². The van der Waals surface area contributed by atoms with E-state index in [2.05, 4.69) is 4.90 Å². The number of halogens is 1. The Balaban J connectivity index is 1.70. The van der Waals surface area contributed by atoms with Gasteiger partial charge in [0.1, 0.15) is 0 Å². The van der Waals surface area contributed by atoms with Crippen molar-refractivity contribution >= 4 is 17.6 Å². The number of hydrogen-bond acceptors (Lipinski definition) is 4. The van der Waals surface area contributed by atoms with Gasteiger partial charge in [0.15, 0.2) is 11.5 Å². The molecule has 2 heterocycles. The second kappa shape index (κ2) is 5.50. The van der Waals surface area contributed by atoms with Crippen LogP contribution in [0.3, 0.4) is 0 Å². The molecule has 6 heteroatoms. The molecular weight excluding hydrogens is 282 g/mol. The van der Waals surface area contributed by atoms with Crippen LogP contribution in [0, 0.1) is 5.92 Å². The minimum absolute atomic E-state index is 0.245. The highest BCUT2D eigenvalue weighted by molar-refractivity contribution is 6.32. The zero-order chi connectivity index (χ0) is 14.1. The summed E-state index contributed by atoms with van der Waals surface area (Å²) in [5.74, 6) is 0.323. The van der Waals surface area contributed by atoms with E-state index in [1.165, 1.54) is 0 Å².